The highest BCUT2D eigenvalue weighted by atomic mass is 16.5. The van der Waals surface area contributed by atoms with E-state index in [1.165, 1.54) is 6.92 Å². The second-order valence-electron chi connectivity index (χ2n) is 5.97. The third kappa shape index (κ3) is 5.03. The van der Waals surface area contributed by atoms with Crippen LogP contribution in [0.4, 0.5) is 0 Å². The van der Waals surface area contributed by atoms with Gasteiger partial charge in [-0.1, -0.05) is 6.92 Å². The summed E-state index contributed by atoms with van der Waals surface area (Å²) in [7, 11) is 0. The van der Waals surface area contributed by atoms with Crippen molar-refractivity contribution in [3.05, 3.63) is 17.7 Å². The summed E-state index contributed by atoms with van der Waals surface area (Å²) in [6.45, 7) is 10.6. The van der Waals surface area contributed by atoms with Crippen LogP contribution in [0, 0.1) is 0 Å². The fourth-order valence-corrected chi connectivity index (χ4v) is 2.61. The molecule has 0 saturated heterocycles. The highest BCUT2D eigenvalue weighted by Gasteiger charge is 2.32. The van der Waals surface area contributed by atoms with Crippen molar-refractivity contribution in [3.63, 3.8) is 0 Å². The van der Waals surface area contributed by atoms with Gasteiger partial charge >= 0.3 is 5.97 Å². The van der Waals surface area contributed by atoms with Crippen LogP contribution in [0.2, 0.25) is 0 Å². The van der Waals surface area contributed by atoms with E-state index in [1.807, 2.05) is 33.8 Å². The van der Waals surface area contributed by atoms with Gasteiger partial charge in [0.05, 0.1) is 19.8 Å². The number of carboxylic acid groups (broad SMARTS) is 1. The van der Waals surface area contributed by atoms with Gasteiger partial charge in [-0.15, -0.1) is 0 Å². The lowest BCUT2D eigenvalue weighted by Gasteiger charge is -2.26. The summed E-state index contributed by atoms with van der Waals surface area (Å²) in [5, 5.41) is 9.28. The van der Waals surface area contributed by atoms with Crippen LogP contribution >= 0.6 is 0 Å². The standard InChI is InChI=1S/C18H29NO5/c1-6-22-13-9-14(12(4)11-18(5,19)17(20)21)16(24-8-3)15(10-13)23-7-2/h9-10,12H,6-8,11,19H2,1-5H3,(H,20,21). The molecule has 136 valence electrons. The highest BCUT2D eigenvalue weighted by molar-refractivity contribution is 5.78. The van der Waals surface area contributed by atoms with Crippen LogP contribution in [0.25, 0.3) is 0 Å². The molecule has 0 aromatic heterocycles. The van der Waals surface area contributed by atoms with Crippen molar-refractivity contribution in [1.82, 2.24) is 0 Å². The molecule has 0 radical (unpaired) electrons. The lowest BCUT2D eigenvalue weighted by atomic mass is 9.86. The summed E-state index contributed by atoms with van der Waals surface area (Å²) in [5.74, 6) is 0.716. The number of rotatable bonds is 10. The average molecular weight is 339 g/mol. The Morgan fingerprint density at radius 3 is 2.25 bits per heavy atom. The van der Waals surface area contributed by atoms with Gasteiger partial charge in [-0.05, 0) is 46.1 Å². The first-order valence-corrected chi connectivity index (χ1v) is 8.35. The predicted molar refractivity (Wildman–Crippen MR) is 93.2 cm³/mol. The Morgan fingerprint density at radius 2 is 1.75 bits per heavy atom. The summed E-state index contributed by atoms with van der Waals surface area (Å²) in [5.41, 5.74) is 5.43. The van der Waals surface area contributed by atoms with Gasteiger partial charge < -0.3 is 25.1 Å². The molecule has 0 saturated carbocycles. The number of carboxylic acids is 1. The molecule has 0 aliphatic carbocycles. The third-order valence-corrected chi connectivity index (χ3v) is 3.71. The van der Waals surface area contributed by atoms with Crippen molar-refractivity contribution in [3.8, 4) is 17.2 Å². The summed E-state index contributed by atoms with van der Waals surface area (Å²) < 4.78 is 17.1. The van der Waals surface area contributed by atoms with Crippen LogP contribution in [0.3, 0.4) is 0 Å². The fourth-order valence-electron chi connectivity index (χ4n) is 2.61. The third-order valence-electron chi connectivity index (χ3n) is 3.71. The SMILES string of the molecule is CCOc1cc(OCC)c(OCC)c(C(C)CC(C)(N)C(=O)O)c1. The molecule has 0 aliphatic heterocycles. The molecular formula is C18H29NO5. The number of hydrogen-bond acceptors (Lipinski definition) is 5. The molecule has 0 aliphatic rings. The van der Waals surface area contributed by atoms with E-state index in [2.05, 4.69) is 0 Å². The van der Waals surface area contributed by atoms with Crippen LogP contribution in [0.5, 0.6) is 17.2 Å². The zero-order chi connectivity index (χ0) is 18.3. The molecule has 0 bridgehead atoms. The quantitative estimate of drug-likeness (QED) is 0.680. The van der Waals surface area contributed by atoms with E-state index in [-0.39, 0.29) is 12.3 Å². The second-order valence-corrected chi connectivity index (χ2v) is 5.97. The monoisotopic (exact) mass is 339 g/mol. The number of aliphatic carboxylic acids is 1. The second kappa shape index (κ2) is 8.78. The van der Waals surface area contributed by atoms with E-state index in [4.69, 9.17) is 19.9 Å². The van der Waals surface area contributed by atoms with Crippen LogP contribution in [-0.2, 0) is 4.79 Å². The summed E-state index contributed by atoms with van der Waals surface area (Å²) in [6, 6.07) is 3.67. The molecular weight excluding hydrogens is 310 g/mol. The largest absolute Gasteiger partial charge is 0.494 e. The molecule has 1 rings (SSSR count). The molecule has 2 atom stereocenters. The van der Waals surface area contributed by atoms with Gasteiger partial charge in [0.1, 0.15) is 11.3 Å². The minimum Gasteiger partial charge on any atom is -0.494 e. The van der Waals surface area contributed by atoms with E-state index in [0.717, 1.165) is 5.56 Å². The molecule has 24 heavy (non-hydrogen) atoms. The van der Waals surface area contributed by atoms with Gasteiger partial charge in [0, 0.05) is 11.6 Å². The van der Waals surface area contributed by atoms with Gasteiger partial charge in [-0.25, -0.2) is 0 Å². The first-order chi connectivity index (χ1) is 11.3. The van der Waals surface area contributed by atoms with Gasteiger partial charge in [0.2, 0.25) is 0 Å². The predicted octanol–water partition coefficient (Wildman–Crippen LogP) is 3.18. The van der Waals surface area contributed by atoms with Gasteiger partial charge in [-0.3, -0.25) is 4.79 Å². The molecule has 2 unspecified atom stereocenters. The van der Waals surface area contributed by atoms with E-state index in [9.17, 15) is 9.90 Å². The Morgan fingerprint density at radius 1 is 1.17 bits per heavy atom. The molecule has 1 aromatic carbocycles. The summed E-state index contributed by atoms with van der Waals surface area (Å²) in [6.07, 6.45) is 0.267. The van der Waals surface area contributed by atoms with E-state index in [0.29, 0.717) is 37.1 Å². The Bertz CT molecular complexity index is 557. The smallest absolute Gasteiger partial charge is 0.323 e. The number of carbonyl (C=O) groups is 1. The zero-order valence-electron chi connectivity index (χ0n) is 15.2. The van der Waals surface area contributed by atoms with E-state index < -0.39 is 11.5 Å². The van der Waals surface area contributed by atoms with Gasteiger partial charge in [-0.2, -0.15) is 0 Å². The Balaban J connectivity index is 3.32. The molecule has 0 fully saturated rings. The van der Waals surface area contributed by atoms with Crippen LogP contribution in [-0.4, -0.2) is 36.4 Å². The summed E-state index contributed by atoms with van der Waals surface area (Å²) in [4.78, 5) is 11.3. The molecule has 0 amide bonds. The van der Waals surface area contributed by atoms with E-state index in [1.54, 1.807) is 6.07 Å². The minimum absolute atomic E-state index is 0.141. The molecule has 6 nitrogen and oxygen atoms in total. The molecule has 0 spiro atoms. The van der Waals surface area contributed by atoms with Crippen molar-refractivity contribution >= 4 is 5.97 Å². The maximum atomic E-state index is 11.3. The number of hydrogen-bond donors (Lipinski definition) is 2. The van der Waals surface area contributed by atoms with Crippen LogP contribution in [0.15, 0.2) is 12.1 Å². The zero-order valence-corrected chi connectivity index (χ0v) is 15.2. The number of nitrogens with two attached hydrogens (primary N) is 1. The van der Waals surface area contributed by atoms with Crippen molar-refractivity contribution < 1.29 is 24.1 Å². The highest BCUT2D eigenvalue weighted by Crippen LogP contribution is 2.42. The van der Waals surface area contributed by atoms with Crippen molar-refractivity contribution in [1.29, 1.82) is 0 Å². The lowest BCUT2D eigenvalue weighted by Crippen LogP contribution is -2.45. The topological polar surface area (TPSA) is 91.0 Å². The average Bonchev–Trinajstić information content (AvgIpc) is 2.49. The molecule has 1 aromatic rings. The first kappa shape index (κ1) is 20.1. The van der Waals surface area contributed by atoms with Crippen molar-refractivity contribution in [2.75, 3.05) is 19.8 Å². The number of ether oxygens (including phenoxy) is 3. The minimum atomic E-state index is -1.32. The molecule has 0 heterocycles. The normalized spacial score (nSPS) is 14.6. The molecule has 6 heteroatoms. The maximum Gasteiger partial charge on any atom is 0.323 e. The van der Waals surface area contributed by atoms with E-state index >= 15 is 0 Å². The molecule has 3 N–H and O–H groups in total. The van der Waals surface area contributed by atoms with Gasteiger partial charge in [0.25, 0.3) is 0 Å². The first-order valence-electron chi connectivity index (χ1n) is 8.35. The summed E-state index contributed by atoms with van der Waals surface area (Å²) >= 11 is 0. The fraction of sp³-hybridized carbons (Fsp3) is 0.611. The Kier molecular flexibility index (Phi) is 7.35. The van der Waals surface area contributed by atoms with Crippen molar-refractivity contribution in [2.24, 2.45) is 5.73 Å². The Hall–Kier alpha value is -1.95. The van der Waals surface area contributed by atoms with Crippen molar-refractivity contribution in [2.45, 2.75) is 52.5 Å². The Labute approximate surface area is 143 Å². The maximum absolute atomic E-state index is 11.3. The lowest BCUT2D eigenvalue weighted by molar-refractivity contribution is -0.143. The van der Waals surface area contributed by atoms with Gasteiger partial charge in [0.15, 0.2) is 11.5 Å². The van der Waals surface area contributed by atoms with Crippen LogP contribution in [0.1, 0.15) is 52.5 Å². The van der Waals surface area contributed by atoms with Crippen LogP contribution < -0.4 is 19.9 Å². The number of benzene rings is 1.